The summed E-state index contributed by atoms with van der Waals surface area (Å²) in [5.74, 6) is -0.741. The summed E-state index contributed by atoms with van der Waals surface area (Å²) in [4.78, 5) is 23.7. The Balaban J connectivity index is 0.00000338. The number of carbonyl (C=O) groups excluding carboxylic acids is 2. The van der Waals surface area contributed by atoms with Crippen LogP contribution in [0.15, 0.2) is 54.6 Å². The summed E-state index contributed by atoms with van der Waals surface area (Å²) in [5, 5.41) is 2.92. The van der Waals surface area contributed by atoms with Crippen LogP contribution in [0.2, 0.25) is 0 Å². The first-order chi connectivity index (χ1) is 12.0. The Morgan fingerprint density at radius 2 is 1.69 bits per heavy atom. The molecule has 1 amide bonds. The van der Waals surface area contributed by atoms with Gasteiger partial charge < -0.3 is 15.8 Å². The van der Waals surface area contributed by atoms with Crippen molar-refractivity contribution in [1.29, 1.82) is 0 Å². The monoisotopic (exact) mass is 376 g/mol. The normalized spacial score (nSPS) is 12.4. The lowest BCUT2D eigenvalue weighted by atomic mass is 9.94. The van der Waals surface area contributed by atoms with E-state index in [9.17, 15) is 9.59 Å². The van der Waals surface area contributed by atoms with Crippen LogP contribution in [0, 0.1) is 5.92 Å². The maximum Gasteiger partial charge on any atom is 0.337 e. The third kappa shape index (κ3) is 5.86. The van der Waals surface area contributed by atoms with Crippen LogP contribution in [0.4, 0.5) is 0 Å². The first-order valence-corrected chi connectivity index (χ1v) is 8.28. The standard InChI is InChI=1S/C20H24N2O3.ClH/c1-14(18(21)16-6-4-3-5-7-16)19(23)22-13-12-15-8-10-17(11-9-15)20(24)25-2;/h3-11,14,18H,12-13,21H2,1-2H3,(H,22,23);1H. The van der Waals surface area contributed by atoms with Gasteiger partial charge in [0.1, 0.15) is 0 Å². The van der Waals surface area contributed by atoms with E-state index in [1.807, 2.05) is 49.4 Å². The van der Waals surface area contributed by atoms with E-state index in [4.69, 9.17) is 5.73 Å². The van der Waals surface area contributed by atoms with Gasteiger partial charge in [-0.1, -0.05) is 49.4 Å². The Morgan fingerprint density at radius 1 is 1.08 bits per heavy atom. The number of esters is 1. The molecule has 0 bridgehead atoms. The average molecular weight is 377 g/mol. The Morgan fingerprint density at radius 3 is 2.27 bits per heavy atom. The topological polar surface area (TPSA) is 81.4 Å². The molecule has 0 aromatic heterocycles. The summed E-state index contributed by atoms with van der Waals surface area (Å²) in [5.41, 5.74) is 8.67. The third-order valence-electron chi connectivity index (χ3n) is 4.22. The van der Waals surface area contributed by atoms with E-state index in [1.165, 1.54) is 7.11 Å². The fraction of sp³-hybridized carbons (Fsp3) is 0.300. The number of nitrogens with one attached hydrogen (secondary N) is 1. The van der Waals surface area contributed by atoms with E-state index in [0.717, 1.165) is 11.1 Å². The molecule has 0 radical (unpaired) electrons. The molecular weight excluding hydrogens is 352 g/mol. The van der Waals surface area contributed by atoms with Crippen molar-refractivity contribution in [2.24, 2.45) is 11.7 Å². The van der Waals surface area contributed by atoms with Crippen LogP contribution in [-0.2, 0) is 16.0 Å². The summed E-state index contributed by atoms with van der Waals surface area (Å²) in [6, 6.07) is 16.4. The number of carbonyl (C=O) groups is 2. The SMILES string of the molecule is COC(=O)c1ccc(CCNC(=O)C(C)C(N)c2ccccc2)cc1.Cl. The lowest BCUT2D eigenvalue weighted by Crippen LogP contribution is -2.36. The van der Waals surface area contributed by atoms with E-state index in [1.54, 1.807) is 12.1 Å². The lowest BCUT2D eigenvalue weighted by molar-refractivity contribution is -0.125. The highest BCUT2D eigenvalue weighted by molar-refractivity contribution is 5.89. The molecule has 0 aliphatic rings. The summed E-state index contributed by atoms with van der Waals surface area (Å²) < 4.78 is 4.67. The number of halogens is 1. The fourth-order valence-electron chi connectivity index (χ4n) is 2.54. The van der Waals surface area contributed by atoms with Crippen LogP contribution in [0.3, 0.4) is 0 Å². The second kappa shape index (κ2) is 10.6. The van der Waals surface area contributed by atoms with Gasteiger partial charge in [-0.05, 0) is 29.7 Å². The summed E-state index contributed by atoms with van der Waals surface area (Å²) in [6.45, 7) is 2.35. The van der Waals surface area contributed by atoms with Crippen molar-refractivity contribution in [3.63, 3.8) is 0 Å². The van der Waals surface area contributed by atoms with Crippen LogP contribution in [0.25, 0.3) is 0 Å². The van der Waals surface area contributed by atoms with Crippen LogP contribution in [0.5, 0.6) is 0 Å². The number of nitrogens with two attached hydrogens (primary N) is 1. The summed E-state index contributed by atoms with van der Waals surface area (Å²) in [7, 11) is 1.35. The third-order valence-corrected chi connectivity index (χ3v) is 4.22. The molecule has 2 unspecified atom stereocenters. The van der Waals surface area contributed by atoms with Gasteiger partial charge >= 0.3 is 5.97 Å². The smallest absolute Gasteiger partial charge is 0.337 e. The van der Waals surface area contributed by atoms with Gasteiger partial charge in [-0.3, -0.25) is 4.79 Å². The number of benzene rings is 2. The van der Waals surface area contributed by atoms with Crippen molar-refractivity contribution in [3.05, 3.63) is 71.3 Å². The molecule has 26 heavy (non-hydrogen) atoms. The molecule has 0 saturated carbocycles. The van der Waals surface area contributed by atoms with Crippen molar-refractivity contribution in [1.82, 2.24) is 5.32 Å². The molecule has 0 aliphatic carbocycles. The molecule has 0 aliphatic heterocycles. The van der Waals surface area contributed by atoms with Gasteiger partial charge in [0.15, 0.2) is 0 Å². The average Bonchev–Trinajstić information content (AvgIpc) is 2.67. The molecule has 0 fully saturated rings. The number of hydrogen-bond acceptors (Lipinski definition) is 4. The quantitative estimate of drug-likeness (QED) is 0.728. The minimum absolute atomic E-state index is 0. The molecule has 0 heterocycles. The van der Waals surface area contributed by atoms with Crippen molar-refractivity contribution in [3.8, 4) is 0 Å². The Bertz CT molecular complexity index is 705. The molecule has 2 rings (SSSR count). The van der Waals surface area contributed by atoms with Gasteiger partial charge in [-0.25, -0.2) is 4.79 Å². The van der Waals surface area contributed by atoms with Crippen LogP contribution in [0.1, 0.15) is 34.5 Å². The van der Waals surface area contributed by atoms with Crippen molar-refractivity contribution < 1.29 is 14.3 Å². The second-order valence-electron chi connectivity index (χ2n) is 5.95. The predicted molar refractivity (Wildman–Crippen MR) is 104 cm³/mol. The van der Waals surface area contributed by atoms with Crippen LogP contribution in [-0.4, -0.2) is 25.5 Å². The fourth-order valence-corrected chi connectivity index (χ4v) is 2.54. The van der Waals surface area contributed by atoms with Crippen LogP contribution >= 0.6 is 12.4 Å². The van der Waals surface area contributed by atoms with Gasteiger partial charge in [0.25, 0.3) is 0 Å². The van der Waals surface area contributed by atoms with Crippen molar-refractivity contribution >= 4 is 24.3 Å². The molecule has 6 heteroatoms. The van der Waals surface area contributed by atoms with E-state index < -0.39 is 0 Å². The first kappa shape index (κ1) is 21.7. The molecule has 3 N–H and O–H groups in total. The van der Waals surface area contributed by atoms with E-state index in [2.05, 4.69) is 10.1 Å². The zero-order valence-electron chi connectivity index (χ0n) is 15.0. The number of rotatable bonds is 7. The maximum absolute atomic E-state index is 12.3. The summed E-state index contributed by atoms with van der Waals surface area (Å²) >= 11 is 0. The zero-order valence-corrected chi connectivity index (χ0v) is 15.8. The molecule has 2 aromatic rings. The molecule has 5 nitrogen and oxygen atoms in total. The van der Waals surface area contributed by atoms with Gasteiger partial charge in [0.05, 0.1) is 18.6 Å². The Labute approximate surface area is 160 Å². The number of ether oxygens (including phenoxy) is 1. The molecule has 0 spiro atoms. The van der Waals surface area contributed by atoms with Gasteiger partial charge in [-0.15, -0.1) is 12.4 Å². The van der Waals surface area contributed by atoms with Crippen molar-refractivity contribution in [2.45, 2.75) is 19.4 Å². The van der Waals surface area contributed by atoms with Crippen LogP contribution < -0.4 is 11.1 Å². The van der Waals surface area contributed by atoms with Crippen molar-refractivity contribution in [2.75, 3.05) is 13.7 Å². The van der Waals surface area contributed by atoms with Gasteiger partial charge in [-0.2, -0.15) is 0 Å². The minimum Gasteiger partial charge on any atom is -0.465 e. The first-order valence-electron chi connectivity index (χ1n) is 8.28. The maximum atomic E-state index is 12.3. The summed E-state index contributed by atoms with van der Waals surface area (Å²) in [6.07, 6.45) is 0.681. The molecule has 0 saturated heterocycles. The minimum atomic E-state index is -0.358. The van der Waals surface area contributed by atoms with E-state index >= 15 is 0 Å². The molecule has 2 atom stereocenters. The molecular formula is C20H25ClN2O3. The highest BCUT2D eigenvalue weighted by Crippen LogP contribution is 2.19. The Hall–Kier alpha value is -2.37. The van der Waals surface area contributed by atoms with Gasteiger partial charge in [0.2, 0.25) is 5.91 Å². The number of amides is 1. The Kier molecular flexibility index (Phi) is 8.82. The second-order valence-corrected chi connectivity index (χ2v) is 5.95. The largest absolute Gasteiger partial charge is 0.465 e. The molecule has 2 aromatic carbocycles. The highest BCUT2D eigenvalue weighted by Gasteiger charge is 2.21. The number of hydrogen-bond donors (Lipinski definition) is 2. The number of methoxy groups -OCH3 is 1. The lowest BCUT2D eigenvalue weighted by Gasteiger charge is -2.19. The molecule has 140 valence electrons. The predicted octanol–water partition coefficient (Wildman–Crippen LogP) is 2.89. The zero-order chi connectivity index (χ0) is 18.2. The van der Waals surface area contributed by atoms with E-state index in [-0.39, 0.29) is 36.2 Å². The van der Waals surface area contributed by atoms with Gasteiger partial charge in [0, 0.05) is 12.6 Å². The van der Waals surface area contributed by atoms with E-state index in [0.29, 0.717) is 18.5 Å². The highest BCUT2D eigenvalue weighted by atomic mass is 35.5.